The quantitative estimate of drug-likeness (QED) is 0.861. The highest BCUT2D eigenvalue weighted by molar-refractivity contribution is 5.79. The fourth-order valence-corrected chi connectivity index (χ4v) is 3.01. The Labute approximate surface area is 119 Å². The van der Waals surface area contributed by atoms with Gasteiger partial charge in [0.05, 0.1) is 11.7 Å². The van der Waals surface area contributed by atoms with Crippen molar-refractivity contribution in [1.29, 1.82) is 0 Å². The van der Waals surface area contributed by atoms with Gasteiger partial charge in [0.2, 0.25) is 5.91 Å². The topological polar surface area (TPSA) is 38.1 Å². The van der Waals surface area contributed by atoms with Crippen LogP contribution in [-0.2, 0) is 11.3 Å². The van der Waals surface area contributed by atoms with Crippen LogP contribution in [0.4, 0.5) is 0 Å². The highest BCUT2D eigenvalue weighted by atomic mass is 16.2. The van der Waals surface area contributed by atoms with Gasteiger partial charge in [-0.05, 0) is 30.9 Å². The van der Waals surface area contributed by atoms with Gasteiger partial charge in [0.15, 0.2) is 0 Å². The van der Waals surface area contributed by atoms with Crippen LogP contribution < -0.4 is 0 Å². The predicted molar refractivity (Wildman–Crippen MR) is 79.3 cm³/mol. The maximum Gasteiger partial charge on any atom is 0.224 e. The van der Waals surface area contributed by atoms with Gasteiger partial charge in [0.1, 0.15) is 0 Å². The monoisotopic (exact) mass is 271 g/mol. The second-order valence-electron chi connectivity index (χ2n) is 5.78. The molecule has 4 heteroatoms. The lowest BCUT2D eigenvalue weighted by Gasteiger charge is -2.31. The number of likely N-dealkylation sites (tertiary alicyclic amines) is 1. The average molecular weight is 271 g/mol. The van der Waals surface area contributed by atoms with E-state index in [1.54, 1.807) is 6.20 Å². The summed E-state index contributed by atoms with van der Waals surface area (Å²) >= 11 is 0. The first-order valence-electron chi connectivity index (χ1n) is 7.40. The van der Waals surface area contributed by atoms with Crippen LogP contribution in [0, 0.1) is 5.92 Å². The van der Waals surface area contributed by atoms with E-state index in [0.717, 1.165) is 31.6 Å². The molecule has 1 atom stereocenters. The smallest absolute Gasteiger partial charge is 0.224 e. The summed E-state index contributed by atoms with van der Waals surface area (Å²) in [6, 6.07) is 4.07. The third-order valence-corrected chi connectivity index (χ3v) is 4.15. The summed E-state index contributed by atoms with van der Waals surface area (Å²) in [5, 5.41) is 1.18. The third kappa shape index (κ3) is 2.69. The Morgan fingerprint density at radius 2 is 2.35 bits per heavy atom. The Balaban J connectivity index is 1.63. The largest absolute Gasteiger partial charge is 0.346 e. The van der Waals surface area contributed by atoms with Crippen LogP contribution >= 0.6 is 0 Å². The molecule has 106 valence electrons. The number of piperidine rings is 1. The van der Waals surface area contributed by atoms with Gasteiger partial charge in [-0.15, -0.1) is 0 Å². The number of amides is 1. The Bertz CT molecular complexity index is 605. The molecule has 4 nitrogen and oxygen atoms in total. The number of carbonyl (C=O) groups excluding carboxylic acids is 1. The average Bonchev–Trinajstić information content (AvgIpc) is 2.88. The molecular formula is C16H21N3O. The molecule has 3 rings (SSSR count). The van der Waals surface area contributed by atoms with E-state index in [1.807, 2.05) is 23.4 Å². The van der Waals surface area contributed by atoms with E-state index in [0.29, 0.717) is 12.3 Å². The van der Waals surface area contributed by atoms with Crippen molar-refractivity contribution in [1.82, 2.24) is 14.5 Å². The molecule has 0 aromatic carbocycles. The van der Waals surface area contributed by atoms with E-state index in [9.17, 15) is 4.79 Å². The first-order valence-corrected chi connectivity index (χ1v) is 7.40. The van der Waals surface area contributed by atoms with Crippen molar-refractivity contribution in [3.05, 3.63) is 30.7 Å². The van der Waals surface area contributed by atoms with Gasteiger partial charge in [0.25, 0.3) is 0 Å². The number of pyridine rings is 1. The lowest BCUT2D eigenvalue weighted by molar-refractivity contribution is -0.133. The normalized spacial score (nSPS) is 19.4. The van der Waals surface area contributed by atoms with Crippen molar-refractivity contribution < 1.29 is 4.79 Å². The maximum absolute atomic E-state index is 12.3. The highest BCUT2D eigenvalue weighted by Gasteiger charge is 2.20. The van der Waals surface area contributed by atoms with Crippen LogP contribution in [0.15, 0.2) is 30.7 Å². The summed E-state index contributed by atoms with van der Waals surface area (Å²) in [7, 11) is 0. The third-order valence-electron chi connectivity index (χ3n) is 4.15. The molecule has 0 N–H and O–H groups in total. The zero-order valence-electron chi connectivity index (χ0n) is 12.0. The summed E-state index contributed by atoms with van der Waals surface area (Å²) in [4.78, 5) is 18.5. The Morgan fingerprint density at radius 3 is 3.20 bits per heavy atom. The van der Waals surface area contributed by atoms with Crippen LogP contribution in [0.5, 0.6) is 0 Å². The number of aromatic nitrogens is 2. The van der Waals surface area contributed by atoms with Gasteiger partial charge < -0.3 is 9.47 Å². The first-order chi connectivity index (χ1) is 9.74. The molecule has 0 spiro atoms. The molecular weight excluding hydrogens is 250 g/mol. The zero-order valence-corrected chi connectivity index (χ0v) is 12.0. The highest BCUT2D eigenvalue weighted by Crippen LogP contribution is 2.17. The summed E-state index contributed by atoms with van der Waals surface area (Å²) < 4.78 is 2.12. The predicted octanol–water partition coefficient (Wildman–Crippen LogP) is 2.68. The van der Waals surface area contributed by atoms with Gasteiger partial charge in [-0.1, -0.05) is 6.92 Å². The lowest BCUT2D eigenvalue weighted by Crippen LogP contribution is -2.39. The van der Waals surface area contributed by atoms with Crippen molar-refractivity contribution in [3.63, 3.8) is 0 Å². The summed E-state index contributed by atoms with van der Waals surface area (Å²) in [6.07, 6.45) is 8.67. The second kappa shape index (κ2) is 5.65. The minimum absolute atomic E-state index is 0.280. The number of rotatable bonds is 3. The molecule has 0 unspecified atom stereocenters. The number of hydrogen-bond donors (Lipinski definition) is 0. The minimum Gasteiger partial charge on any atom is -0.346 e. The van der Waals surface area contributed by atoms with E-state index in [4.69, 9.17) is 0 Å². The molecule has 1 aliphatic rings. The Hall–Kier alpha value is -1.84. The standard InChI is InChI=1S/C16H21N3O/c1-13-3-2-8-19(12-13)16(20)6-10-18-9-5-14-4-7-17-11-15(14)18/h4-5,7,9,11,13H,2-3,6,8,10,12H2,1H3/t13-/m0/s1. The van der Waals surface area contributed by atoms with Gasteiger partial charge in [0, 0.05) is 43.8 Å². The second-order valence-corrected chi connectivity index (χ2v) is 5.78. The lowest BCUT2D eigenvalue weighted by atomic mass is 10.00. The molecule has 20 heavy (non-hydrogen) atoms. The van der Waals surface area contributed by atoms with Crippen molar-refractivity contribution in [2.24, 2.45) is 5.92 Å². The van der Waals surface area contributed by atoms with Gasteiger partial charge in [-0.3, -0.25) is 9.78 Å². The van der Waals surface area contributed by atoms with Crippen LogP contribution in [-0.4, -0.2) is 33.4 Å². The molecule has 0 bridgehead atoms. The minimum atomic E-state index is 0.280. The van der Waals surface area contributed by atoms with Crippen LogP contribution in [0.1, 0.15) is 26.2 Å². The number of fused-ring (bicyclic) bond motifs is 1. The maximum atomic E-state index is 12.3. The molecule has 1 amide bonds. The van der Waals surface area contributed by atoms with Crippen molar-refractivity contribution in [2.75, 3.05) is 13.1 Å². The van der Waals surface area contributed by atoms with E-state index >= 15 is 0 Å². The summed E-state index contributed by atoms with van der Waals surface area (Å²) in [5.74, 6) is 0.923. The number of aryl methyl sites for hydroxylation is 1. The molecule has 1 saturated heterocycles. The van der Waals surface area contributed by atoms with Gasteiger partial charge >= 0.3 is 0 Å². The van der Waals surface area contributed by atoms with Crippen LogP contribution in [0.25, 0.3) is 10.9 Å². The SMILES string of the molecule is C[C@H]1CCCN(C(=O)CCn2ccc3ccncc32)C1. The van der Waals surface area contributed by atoms with E-state index in [2.05, 4.69) is 22.5 Å². The van der Waals surface area contributed by atoms with Gasteiger partial charge in [-0.2, -0.15) is 0 Å². The Morgan fingerprint density at radius 1 is 1.45 bits per heavy atom. The molecule has 0 saturated carbocycles. The molecule has 2 aromatic rings. The van der Waals surface area contributed by atoms with Crippen LogP contribution in [0.2, 0.25) is 0 Å². The molecule has 3 heterocycles. The van der Waals surface area contributed by atoms with Crippen molar-refractivity contribution in [2.45, 2.75) is 32.7 Å². The molecule has 2 aromatic heterocycles. The van der Waals surface area contributed by atoms with Crippen molar-refractivity contribution >= 4 is 16.8 Å². The zero-order chi connectivity index (χ0) is 13.9. The molecule has 0 aliphatic carbocycles. The van der Waals surface area contributed by atoms with E-state index in [1.165, 1.54) is 11.8 Å². The number of nitrogens with zero attached hydrogens (tertiary/aromatic N) is 3. The fraction of sp³-hybridized carbons (Fsp3) is 0.500. The molecule has 1 aliphatic heterocycles. The first kappa shape index (κ1) is 13.2. The number of carbonyl (C=O) groups is 1. The number of hydrogen-bond acceptors (Lipinski definition) is 2. The fourth-order valence-electron chi connectivity index (χ4n) is 3.01. The van der Waals surface area contributed by atoms with Crippen LogP contribution in [0.3, 0.4) is 0 Å². The van der Waals surface area contributed by atoms with Gasteiger partial charge in [-0.25, -0.2) is 0 Å². The summed E-state index contributed by atoms with van der Waals surface area (Å²) in [6.45, 7) is 4.81. The van der Waals surface area contributed by atoms with E-state index < -0.39 is 0 Å². The van der Waals surface area contributed by atoms with Crippen molar-refractivity contribution in [3.8, 4) is 0 Å². The summed E-state index contributed by atoms with van der Waals surface area (Å²) in [5.41, 5.74) is 1.10. The Kier molecular flexibility index (Phi) is 3.72. The molecule has 0 radical (unpaired) electrons. The van der Waals surface area contributed by atoms with E-state index in [-0.39, 0.29) is 5.91 Å². The molecule has 1 fully saturated rings.